The Morgan fingerprint density at radius 3 is 1.08 bits per heavy atom. The fourth-order valence-corrected chi connectivity index (χ4v) is 0.107. The molecule has 0 saturated heterocycles. The molecule has 0 aromatic carbocycles. The molecule has 0 radical (unpaired) electrons. The van der Waals surface area contributed by atoms with E-state index in [9.17, 15) is 39.5 Å². The van der Waals surface area contributed by atoms with Crippen LogP contribution in [0.3, 0.4) is 0 Å². The van der Waals surface area contributed by atoms with Crippen LogP contribution in [0.15, 0.2) is 11.9 Å². The van der Waals surface area contributed by atoms with Gasteiger partial charge in [-0.15, -0.1) is 0 Å². The Labute approximate surface area is 65.6 Å². The summed E-state index contributed by atoms with van der Waals surface area (Å²) in [4.78, 5) is 0. The molecule has 0 N–H and O–H groups in total. The van der Waals surface area contributed by atoms with Crippen LogP contribution < -0.4 is 0 Å². The van der Waals surface area contributed by atoms with Crippen molar-refractivity contribution in [2.45, 2.75) is 12.9 Å². The van der Waals surface area contributed by atoms with Crippen LogP contribution in [-0.2, 0) is 0 Å². The van der Waals surface area contributed by atoms with E-state index < -0.39 is 24.8 Å². The highest BCUT2D eigenvalue weighted by Crippen LogP contribution is 2.29. The molecule has 80 valence electrons. The Balaban J connectivity index is 0. The Hall–Kier alpha value is -0.890. The van der Waals surface area contributed by atoms with E-state index in [4.69, 9.17) is 0 Å². The Morgan fingerprint density at radius 2 is 1.08 bits per heavy atom. The molecule has 0 fully saturated rings. The van der Waals surface area contributed by atoms with E-state index in [1.54, 1.807) is 0 Å². The maximum atomic E-state index is 11.0. The van der Waals surface area contributed by atoms with Gasteiger partial charge in [-0.2, -0.15) is 39.5 Å². The lowest BCUT2D eigenvalue weighted by Gasteiger charge is -1.98. The van der Waals surface area contributed by atoms with E-state index in [1.807, 2.05) is 0 Å². The predicted molar refractivity (Wildman–Crippen MR) is 23.5 cm³/mol. The molecule has 0 nitrogen and oxygen atoms in total. The van der Waals surface area contributed by atoms with E-state index in [0.717, 1.165) is 0 Å². The van der Waals surface area contributed by atoms with Crippen molar-refractivity contribution in [3.05, 3.63) is 11.9 Å². The summed E-state index contributed by atoms with van der Waals surface area (Å²) in [6.45, 7) is -3.67. The molecule has 0 aliphatic heterocycles. The summed E-state index contributed by atoms with van der Waals surface area (Å²) in [5.41, 5.74) is 0. The molecule has 13 heavy (non-hydrogen) atoms. The molecular weight excluding hydrogens is 219 g/mol. The summed E-state index contributed by atoms with van der Waals surface area (Å²) in [7, 11) is 0. The number of alkyl halides is 6. The Bertz CT molecular complexity index is 158. The number of halogens is 9. The third-order valence-electron chi connectivity index (χ3n) is 0.415. The lowest BCUT2D eigenvalue weighted by Crippen LogP contribution is -2.08. The highest BCUT2D eigenvalue weighted by molar-refractivity contribution is 4.98. The van der Waals surface area contributed by atoms with Crippen LogP contribution in [0.2, 0.25) is 0 Å². The zero-order valence-electron chi connectivity index (χ0n) is 5.48. The molecular formula is C4HF9. The first-order chi connectivity index (χ1) is 5.59. The van der Waals surface area contributed by atoms with Gasteiger partial charge in [0.2, 0.25) is 0 Å². The molecule has 0 saturated carbocycles. The van der Waals surface area contributed by atoms with Gasteiger partial charge >= 0.3 is 18.9 Å². The van der Waals surface area contributed by atoms with E-state index in [-0.39, 0.29) is 0 Å². The van der Waals surface area contributed by atoms with Crippen molar-refractivity contribution in [3.63, 3.8) is 0 Å². The van der Waals surface area contributed by atoms with Crippen LogP contribution >= 0.6 is 0 Å². The van der Waals surface area contributed by atoms with Gasteiger partial charge in [0.1, 0.15) is 0 Å². The summed E-state index contributed by atoms with van der Waals surface area (Å²) in [6.07, 6.45) is -8.90. The molecule has 0 aliphatic carbocycles. The zero-order chi connectivity index (χ0) is 11.2. The smallest absolute Gasteiger partial charge is 0.196 e. The van der Waals surface area contributed by atoms with E-state index in [0.29, 0.717) is 0 Å². The van der Waals surface area contributed by atoms with Crippen molar-refractivity contribution >= 4 is 0 Å². The van der Waals surface area contributed by atoms with Gasteiger partial charge in [-0.1, -0.05) is 0 Å². The predicted octanol–water partition coefficient (Wildman–Crippen LogP) is 3.80. The zero-order valence-corrected chi connectivity index (χ0v) is 5.48. The summed E-state index contributed by atoms with van der Waals surface area (Å²) >= 11 is 0. The van der Waals surface area contributed by atoms with Crippen molar-refractivity contribution in [3.8, 4) is 0 Å². The second-order valence-corrected chi connectivity index (χ2v) is 1.32. The maximum Gasteiger partial charge on any atom is 0.448 e. The molecule has 9 heteroatoms. The van der Waals surface area contributed by atoms with Crippen LogP contribution in [0.4, 0.5) is 39.5 Å². The van der Waals surface area contributed by atoms with Gasteiger partial charge in [0.05, 0.1) is 0 Å². The van der Waals surface area contributed by atoms with Crippen LogP contribution in [-0.4, -0.2) is 12.9 Å². The molecule has 0 aliphatic rings. The second kappa shape index (κ2) is 5.70. The van der Waals surface area contributed by atoms with E-state index >= 15 is 0 Å². The van der Waals surface area contributed by atoms with E-state index in [1.165, 1.54) is 0 Å². The minimum atomic E-state index is -5.56. The average molecular weight is 220 g/mol. The Kier molecular flexibility index (Phi) is 6.42. The van der Waals surface area contributed by atoms with Gasteiger partial charge in [0, 0.05) is 0 Å². The summed E-state index contributed by atoms with van der Waals surface area (Å²) in [6, 6.07) is 0. The third-order valence-corrected chi connectivity index (χ3v) is 0.415. The van der Waals surface area contributed by atoms with Gasteiger partial charge < -0.3 is 0 Å². The minimum Gasteiger partial charge on any atom is -0.196 e. The lowest BCUT2D eigenvalue weighted by molar-refractivity contribution is -0.113. The maximum absolute atomic E-state index is 11.0. The first-order valence-electron chi connectivity index (χ1n) is 2.29. The van der Waals surface area contributed by atoms with Gasteiger partial charge in [0.25, 0.3) is 5.83 Å². The normalized spacial score (nSPS) is 10.6. The van der Waals surface area contributed by atoms with Crippen LogP contribution in [0, 0.1) is 0 Å². The monoisotopic (exact) mass is 220 g/mol. The summed E-state index contributed by atoms with van der Waals surface area (Å²) < 4.78 is 93.8. The second-order valence-electron chi connectivity index (χ2n) is 1.32. The molecule has 0 amide bonds. The fourth-order valence-electron chi connectivity index (χ4n) is 0.107. The summed E-state index contributed by atoms with van der Waals surface area (Å²) in [5, 5.41) is 0. The first-order valence-corrected chi connectivity index (χ1v) is 2.29. The third kappa shape index (κ3) is 11.1. The first kappa shape index (κ1) is 14.6. The lowest BCUT2D eigenvalue weighted by atomic mass is 10.6. The molecule has 0 aromatic heterocycles. The van der Waals surface area contributed by atoms with Crippen LogP contribution in [0.1, 0.15) is 0 Å². The minimum absolute atomic E-state index is 3.33. The molecule has 0 atom stereocenters. The van der Waals surface area contributed by atoms with Crippen molar-refractivity contribution in [1.29, 1.82) is 0 Å². The Morgan fingerprint density at radius 1 is 0.846 bits per heavy atom. The highest BCUT2D eigenvalue weighted by Gasteiger charge is 2.38. The van der Waals surface area contributed by atoms with Crippen molar-refractivity contribution < 1.29 is 39.5 Å². The highest BCUT2D eigenvalue weighted by atomic mass is 19.4. The molecule has 0 rings (SSSR count). The molecule has 0 heterocycles. The van der Waals surface area contributed by atoms with Crippen molar-refractivity contribution in [2.75, 3.05) is 0 Å². The number of rotatable bonds is 0. The van der Waals surface area contributed by atoms with Crippen LogP contribution in [0.5, 0.6) is 0 Å². The van der Waals surface area contributed by atoms with Gasteiger partial charge in [0.15, 0.2) is 0 Å². The standard InChI is InChI=1S/C3F6.CHF3/c4-1(2(5)6)3(7,8)9;2-1(3)4/h;1H. The quantitative estimate of drug-likeness (QED) is 0.544. The number of hydrogen-bond donors (Lipinski definition) is 0. The van der Waals surface area contributed by atoms with Gasteiger partial charge in [-0.25, -0.2) is 0 Å². The topological polar surface area (TPSA) is 0 Å². The molecule has 0 bridgehead atoms. The molecule has 0 aromatic rings. The number of allylic oxidation sites excluding steroid dienone is 1. The van der Waals surface area contributed by atoms with Crippen molar-refractivity contribution in [1.82, 2.24) is 0 Å². The number of hydrogen-bond acceptors (Lipinski definition) is 0. The average Bonchev–Trinajstić information content (AvgIpc) is 1.82. The largest absolute Gasteiger partial charge is 0.448 e. The molecule has 0 unspecified atom stereocenters. The fraction of sp³-hybridized carbons (Fsp3) is 0.500. The van der Waals surface area contributed by atoms with Gasteiger partial charge in [-0.05, 0) is 0 Å². The van der Waals surface area contributed by atoms with E-state index in [2.05, 4.69) is 0 Å². The van der Waals surface area contributed by atoms with Crippen molar-refractivity contribution in [2.24, 2.45) is 0 Å². The molecule has 0 spiro atoms. The summed E-state index contributed by atoms with van der Waals surface area (Å²) in [5.74, 6) is -3.33. The van der Waals surface area contributed by atoms with Gasteiger partial charge in [-0.3, -0.25) is 0 Å². The van der Waals surface area contributed by atoms with Crippen LogP contribution in [0.25, 0.3) is 0 Å². The SMILES string of the molecule is FC(F)=C(F)C(F)(F)F.FC(F)F.